The fraction of sp³-hybridized carbons (Fsp3) is 0.417. The number of alkyl halides is 1. The van der Waals surface area contributed by atoms with Crippen LogP contribution in [0.3, 0.4) is 0 Å². The third-order valence-electron chi connectivity index (χ3n) is 2.37. The van der Waals surface area contributed by atoms with Crippen LogP contribution in [-0.4, -0.2) is 29.8 Å². The molecule has 0 aliphatic rings. The van der Waals surface area contributed by atoms with E-state index in [-0.39, 0.29) is 21.9 Å². The van der Waals surface area contributed by atoms with E-state index in [4.69, 9.17) is 23.2 Å². The van der Waals surface area contributed by atoms with Crippen molar-refractivity contribution in [3.63, 3.8) is 0 Å². The zero-order chi connectivity index (χ0) is 13.0. The molecule has 2 nitrogen and oxygen atoms in total. The molecule has 0 aliphatic carbocycles. The van der Waals surface area contributed by atoms with Crippen LogP contribution < -0.4 is 0 Å². The molecule has 5 heteroatoms. The summed E-state index contributed by atoms with van der Waals surface area (Å²) in [5, 5.41) is 0.261. The van der Waals surface area contributed by atoms with Gasteiger partial charge in [0.25, 0.3) is 5.91 Å². The lowest BCUT2D eigenvalue weighted by Gasteiger charge is -2.18. The Hall–Kier alpha value is -0.800. The Morgan fingerprint density at radius 2 is 2.18 bits per heavy atom. The molecule has 1 unspecified atom stereocenters. The lowest BCUT2D eigenvalue weighted by Crippen LogP contribution is -2.29. The number of hydrogen-bond donors (Lipinski definition) is 0. The molecule has 1 amide bonds. The summed E-state index contributed by atoms with van der Waals surface area (Å²) >= 11 is 11.4. The van der Waals surface area contributed by atoms with Crippen LogP contribution in [-0.2, 0) is 0 Å². The molecule has 0 aliphatic heterocycles. The van der Waals surface area contributed by atoms with Crippen molar-refractivity contribution in [3.8, 4) is 0 Å². The second-order valence-electron chi connectivity index (χ2n) is 3.92. The molecule has 17 heavy (non-hydrogen) atoms. The summed E-state index contributed by atoms with van der Waals surface area (Å²) in [7, 11) is 1.62. The van der Waals surface area contributed by atoms with Crippen LogP contribution in [0.25, 0.3) is 0 Å². The average Bonchev–Trinajstić information content (AvgIpc) is 2.25. The van der Waals surface area contributed by atoms with Gasteiger partial charge in [-0.2, -0.15) is 0 Å². The van der Waals surface area contributed by atoms with Gasteiger partial charge in [0.15, 0.2) is 0 Å². The molecule has 0 radical (unpaired) electrons. The number of hydrogen-bond acceptors (Lipinski definition) is 1. The summed E-state index contributed by atoms with van der Waals surface area (Å²) in [6, 6.07) is 4.02. The second kappa shape index (κ2) is 6.22. The zero-order valence-corrected chi connectivity index (χ0v) is 11.2. The van der Waals surface area contributed by atoms with E-state index < -0.39 is 5.82 Å². The van der Waals surface area contributed by atoms with Gasteiger partial charge in [0, 0.05) is 24.0 Å². The van der Waals surface area contributed by atoms with Gasteiger partial charge in [-0.15, -0.1) is 11.6 Å². The monoisotopic (exact) mass is 277 g/mol. The highest BCUT2D eigenvalue weighted by Gasteiger charge is 2.16. The first-order valence-corrected chi connectivity index (χ1v) is 6.08. The van der Waals surface area contributed by atoms with E-state index in [9.17, 15) is 9.18 Å². The average molecular weight is 278 g/mol. The molecule has 0 N–H and O–H groups in total. The van der Waals surface area contributed by atoms with Crippen molar-refractivity contribution in [1.29, 1.82) is 0 Å². The van der Waals surface area contributed by atoms with Crippen molar-refractivity contribution >= 4 is 29.1 Å². The van der Waals surface area contributed by atoms with Crippen LogP contribution in [0, 0.1) is 5.82 Å². The van der Waals surface area contributed by atoms with Gasteiger partial charge >= 0.3 is 0 Å². The Bertz CT molecular complexity index is 409. The highest BCUT2D eigenvalue weighted by atomic mass is 35.5. The Morgan fingerprint density at radius 3 is 2.71 bits per heavy atom. The van der Waals surface area contributed by atoms with E-state index >= 15 is 0 Å². The predicted octanol–water partition coefficient (Wildman–Crippen LogP) is 3.57. The molecule has 1 atom stereocenters. The molecule has 0 fully saturated rings. The normalized spacial score (nSPS) is 12.3. The molecular formula is C12H14Cl2FNO. The maximum absolute atomic E-state index is 13.5. The van der Waals surface area contributed by atoms with Crippen molar-refractivity contribution in [1.82, 2.24) is 4.90 Å². The van der Waals surface area contributed by atoms with Crippen LogP contribution >= 0.6 is 23.2 Å². The minimum Gasteiger partial charge on any atom is -0.342 e. The topological polar surface area (TPSA) is 20.3 Å². The largest absolute Gasteiger partial charge is 0.342 e. The Morgan fingerprint density at radius 1 is 1.53 bits per heavy atom. The molecular weight excluding hydrogens is 264 g/mol. The summed E-state index contributed by atoms with van der Waals surface area (Å²) in [5.74, 6) is -0.968. The van der Waals surface area contributed by atoms with Gasteiger partial charge in [0.2, 0.25) is 0 Å². The fourth-order valence-corrected chi connectivity index (χ4v) is 1.60. The number of nitrogens with zero attached hydrogens (tertiary/aromatic N) is 1. The first-order chi connectivity index (χ1) is 7.91. The van der Waals surface area contributed by atoms with E-state index in [1.807, 2.05) is 6.92 Å². The molecule has 0 heterocycles. The quantitative estimate of drug-likeness (QED) is 0.771. The molecule has 0 saturated heterocycles. The number of benzene rings is 1. The fourth-order valence-electron chi connectivity index (χ4n) is 1.34. The van der Waals surface area contributed by atoms with Crippen molar-refractivity contribution < 1.29 is 9.18 Å². The maximum atomic E-state index is 13.5. The summed E-state index contributed by atoms with van der Waals surface area (Å²) in [6.45, 7) is 2.34. The highest BCUT2D eigenvalue weighted by molar-refractivity contribution is 6.30. The van der Waals surface area contributed by atoms with Crippen LogP contribution in [0.4, 0.5) is 4.39 Å². The van der Waals surface area contributed by atoms with E-state index in [0.717, 1.165) is 6.07 Å². The minimum absolute atomic E-state index is 0.0136. The number of halogens is 3. The summed E-state index contributed by atoms with van der Waals surface area (Å²) in [4.78, 5) is 13.3. The zero-order valence-electron chi connectivity index (χ0n) is 9.71. The number of carbonyl (C=O) groups is 1. The molecule has 0 bridgehead atoms. The van der Waals surface area contributed by atoms with E-state index in [0.29, 0.717) is 13.0 Å². The lowest BCUT2D eigenvalue weighted by molar-refractivity contribution is 0.0789. The standard InChI is InChI=1S/C12H14Cl2FNO/c1-8(13)5-6-16(2)12(17)10-4-3-9(14)7-11(10)15/h3-4,7-8H,5-6H2,1-2H3. The van der Waals surface area contributed by atoms with Crippen molar-refractivity contribution in [2.45, 2.75) is 18.7 Å². The second-order valence-corrected chi connectivity index (χ2v) is 5.10. The van der Waals surface area contributed by atoms with Gasteiger partial charge < -0.3 is 4.90 Å². The maximum Gasteiger partial charge on any atom is 0.256 e. The van der Waals surface area contributed by atoms with Gasteiger partial charge in [-0.1, -0.05) is 11.6 Å². The summed E-state index contributed by atoms with van der Waals surface area (Å²) < 4.78 is 13.5. The smallest absolute Gasteiger partial charge is 0.256 e. The van der Waals surface area contributed by atoms with Gasteiger partial charge in [0.1, 0.15) is 5.82 Å². The molecule has 1 aromatic carbocycles. The minimum atomic E-state index is -0.603. The van der Waals surface area contributed by atoms with Crippen molar-refractivity contribution in [2.24, 2.45) is 0 Å². The number of rotatable bonds is 4. The Labute approximate surface area is 110 Å². The van der Waals surface area contributed by atoms with Crippen molar-refractivity contribution in [3.05, 3.63) is 34.6 Å². The van der Waals surface area contributed by atoms with E-state index in [2.05, 4.69) is 0 Å². The molecule has 94 valence electrons. The predicted molar refractivity (Wildman–Crippen MR) is 68.3 cm³/mol. The number of carbonyl (C=O) groups excluding carboxylic acids is 1. The molecule has 0 aromatic heterocycles. The highest BCUT2D eigenvalue weighted by Crippen LogP contribution is 2.16. The molecule has 1 rings (SSSR count). The molecule has 0 saturated carbocycles. The summed E-state index contributed by atoms with van der Waals surface area (Å²) in [6.07, 6.45) is 0.666. The summed E-state index contributed by atoms with van der Waals surface area (Å²) in [5.41, 5.74) is 0.0270. The van der Waals surface area contributed by atoms with Crippen molar-refractivity contribution in [2.75, 3.05) is 13.6 Å². The van der Waals surface area contributed by atoms with Gasteiger partial charge in [-0.25, -0.2) is 4.39 Å². The van der Waals surface area contributed by atoms with E-state index in [1.54, 1.807) is 7.05 Å². The number of amides is 1. The van der Waals surface area contributed by atoms with Crippen LogP contribution in [0.2, 0.25) is 5.02 Å². The lowest BCUT2D eigenvalue weighted by atomic mass is 10.2. The Kier molecular flexibility index (Phi) is 5.22. The van der Waals surface area contributed by atoms with Gasteiger partial charge in [0.05, 0.1) is 5.56 Å². The van der Waals surface area contributed by atoms with Crippen LogP contribution in [0.15, 0.2) is 18.2 Å². The third-order valence-corrected chi connectivity index (χ3v) is 2.82. The molecule has 0 spiro atoms. The first-order valence-electron chi connectivity index (χ1n) is 5.26. The molecule has 1 aromatic rings. The first kappa shape index (κ1) is 14.3. The third kappa shape index (κ3) is 4.17. The van der Waals surface area contributed by atoms with E-state index in [1.165, 1.54) is 17.0 Å². The Balaban J connectivity index is 2.75. The van der Waals surface area contributed by atoms with Gasteiger partial charge in [-0.05, 0) is 31.5 Å². The SMILES string of the molecule is CC(Cl)CCN(C)C(=O)c1ccc(Cl)cc1F. The van der Waals surface area contributed by atoms with Gasteiger partial charge in [-0.3, -0.25) is 4.79 Å². The van der Waals surface area contributed by atoms with Crippen LogP contribution in [0.5, 0.6) is 0 Å². The van der Waals surface area contributed by atoms with Crippen LogP contribution in [0.1, 0.15) is 23.7 Å².